The van der Waals surface area contributed by atoms with E-state index in [2.05, 4.69) is 26.5 Å². The van der Waals surface area contributed by atoms with Crippen molar-refractivity contribution in [3.8, 4) is 23.1 Å². The zero-order valence-electron chi connectivity index (χ0n) is 15.3. The first kappa shape index (κ1) is 17.7. The van der Waals surface area contributed by atoms with Gasteiger partial charge in [-0.1, -0.05) is 12.7 Å². The molecule has 0 spiro atoms. The van der Waals surface area contributed by atoms with Crippen molar-refractivity contribution in [2.24, 2.45) is 0 Å². The summed E-state index contributed by atoms with van der Waals surface area (Å²) in [6.45, 7) is 6.20. The molecule has 7 heteroatoms. The van der Waals surface area contributed by atoms with Crippen LogP contribution in [0, 0.1) is 6.92 Å². The molecule has 28 heavy (non-hydrogen) atoms. The van der Waals surface area contributed by atoms with E-state index in [1.165, 1.54) is 0 Å². The molecular formula is C21H18N4O3. The molecule has 0 radical (unpaired) electrons. The van der Waals surface area contributed by atoms with Crippen molar-refractivity contribution in [2.45, 2.75) is 13.5 Å². The fourth-order valence-corrected chi connectivity index (χ4v) is 2.51. The lowest BCUT2D eigenvalue weighted by Crippen LogP contribution is -2.01. The van der Waals surface area contributed by atoms with Gasteiger partial charge in [0.05, 0.1) is 23.7 Å². The number of fused-ring (bicyclic) bond motifs is 1. The van der Waals surface area contributed by atoms with Crippen LogP contribution in [0.2, 0.25) is 0 Å². The van der Waals surface area contributed by atoms with Gasteiger partial charge in [0, 0.05) is 18.0 Å². The molecule has 1 aromatic carbocycles. The van der Waals surface area contributed by atoms with Crippen molar-refractivity contribution in [1.29, 1.82) is 0 Å². The molecule has 0 amide bonds. The van der Waals surface area contributed by atoms with Crippen LogP contribution in [0.1, 0.15) is 11.4 Å². The molecule has 0 unspecified atom stereocenters. The van der Waals surface area contributed by atoms with Gasteiger partial charge in [-0.05, 0) is 31.2 Å². The summed E-state index contributed by atoms with van der Waals surface area (Å²) in [4.78, 5) is 17.3. The average Bonchev–Trinajstić information content (AvgIpc) is 3.15. The Bertz CT molecular complexity index is 1090. The van der Waals surface area contributed by atoms with Crippen LogP contribution in [0.3, 0.4) is 0 Å². The molecule has 3 heterocycles. The minimum absolute atomic E-state index is 0.285. The quantitative estimate of drug-likeness (QED) is 0.450. The smallest absolute Gasteiger partial charge is 0.232 e. The Kier molecular flexibility index (Phi) is 4.97. The van der Waals surface area contributed by atoms with Gasteiger partial charge in [0.25, 0.3) is 0 Å². The highest BCUT2D eigenvalue weighted by Crippen LogP contribution is 2.27. The number of benzene rings is 1. The number of rotatable bonds is 7. The van der Waals surface area contributed by atoms with Crippen molar-refractivity contribution in [1.82, 2.24) is 19.9 Å². The second kappa shape index (κ2) is 7.87. The third-order valence-electron chi connectivity index (χ3n) is 3.93. The topological polar surface area (TPSA) is 83.2 Å². The molecule has 140 valence electrons. The zero-order valence-corrected chi connectivity index (χ0v) is 15.3. The van der Waals surface area contributed by atoms with Gasteiger partial charge in [-0.15, -0.1) is 0 Å². The van der Waals surface area contributed by atoms with E-state index in [0.717, 1.165) is 11.3 Å². The van der Waals surface area contributed by atoms with Gasteiger partial charge in [-0.25, -0.2) is 9.97 Å². The van der Waals surface area contributed by atoms with E-state index in [4.69, 9.17) is 13.9 Å². The summed E-state index contributed by atoms with van der Waals surface area (Å²) in [5, 5.41) is 0. The molecule has 7 nitrogen and oxygen atoms in total. The summed E-state index contributed by atoms with van der Waals surface area (Å²) < 4.78 is 16.9. The van der Waals surface area contributed by atoms with Crippen molar-refractivity contribution >= 4 is 11.1 Å². The number of aromatic nitrogens is 4. The van der Waals surface area contributed by atoms with Crippen LogP contribution in [-0.2, 0) is 6.61 Å². The van der Waals surface area contributed by atoms with Crippen LogP contribution in [0.4, 0.5) is 0 Å². The van der Waals surface area contributed by atoms with Gasteiger partial charge >= 0.3 is 0 Å². The van der Waals surface area contributed by atoms with Crippen molar-refractivity contribution < 1.29 is 13.9 Å². The Balaban J connectivity index is 1.45. The standard InChI is InChI=1S/C21H18N4O3/c1-3-8-26-20-12-23-16(11-24-20)13-27-17-6-7-19-18(9-17)25-21(28-19)15-5-4-14(2)22-10-15/h3-7,9-12H,1,8,13H2,2H3. The fourth-order valence-electron chi connectivity index (χ4n) is 2.51. The van der Waals surface area contributed by atoms with Gasteiger partial charge in [0.2, 0.25) is 11.8 Å². The molecule has 0 N–H and O–H groups in total. The van der Waals surface area contributed by atoms with E-state index < -0.39 is 0 Å². The Hall–Kier alpha value is -3.74. The summed E-state index contributed by atoms with van der Waals surface area (Å²) in [5.41, 5.74) is 3.87. The molecule has 4 aromatic rings. The molecule has 0 bridgehead atoms. The van der Waals surface area contributed by atoms with Crippen molar-refractivity contribution in [3.05, 3.63) is 73.0 Å². The lowest BCUT2D eigenvalue weighted by molar-refractivity contribution is 0.299. The molecule has 0 atom stereocenters. The maximum atomic E-state index is 5.81. The van der Waals surface area contributed by atoms with Crippen LogP contribution in [0.15, 0.2) is 66.0 Å². The minimum Gasteiger partial charge on any atom is -0.487 e. The molecule has 0 fully saturated rings. The molecule has 0 aliphatic rings. The molecule has 0 aliphatic heterocycles. The first-order chi connectivity index (χ1) is 13.7. The van der Waals surface area contributed by atoms with Crippen LogP contribution in [-0.4, -0.2) is 26.5 Å². The molecule has 3 aromatic heterocycles. The highest BCUT2D eigenvalue weighted by atomic mass is 16.5. The summed E-state index contributed by atoms with van der Waals surface area (Å²) in [6.07, 6.45) is 6.58. The van der Waals surface area contributed by atoms with E-state index in [-0.39, 0.29) is 6.61 Å². The molecule has 0 aliphatic carbocycles. The number of hydrogen-bond acceptors (Lipinski definition) is 7. The van der Waals surface area contributed by atoms with E-state index in [1.54, 1.807) is 24.7 Å². The lowest BCUT2D eigenvalue weighted by atomic mass is 10.2. The number of oxazole rings is 1. The zero-order chi connectivity index (χ0) is 19.3. The Labute approximate surface area is 161 Å². The number of pyridine rings is 1. The first-order valence-corrected chi connectivity index (χ1v) is 8.72. The third-order valence-corrected chi connectivity index (χ3v) is 3.93. The summed E-state index contributed by atoms with van der Waals surface area (Å²) in [6, 6.07) is 9.36. The number of nitrogens with zero attached hydrogens (tertiary/aromatic N) is 4. The largest absolute Gasteiger partial charge is 0.487 e. The van der Waals surface area contributed by atoms with Gasteiger partial charge in [0.1, 0.15) is 24.5 Å². The molecule has 4 rings (SSSR count). The average molecular weight is 374 g/mol. The normalized spacial score (nSPS) is 10.8. The summed E-state index contributed by atoms with van der Waals surface area (Å²) in [5.74, 6) is 1.65. The van der Waals surface area contributed by atoms with Crippen molar-refractivity contribution in [3.63, 3.8) is 0 Å². The third kappa shape index (κ3) is 3.98. The van der Waals surface area contributed by atoms with Gasteiger partial charge in [0.15, 0.2) is 5.58 Å². The first-order valence-electron chi connectivity index (χ1n) is 8.72. The van der Waals surface area contributed by atoms with Gasteiger partial charge < -0.3 is 13.9 Å². The molecule has 0 saturated heterocycles. The SMILES string of the molecule is C=CCOc1cnc(COc2ccc3oc(-c4ccc(C)nc4)nc3c2)cn1. The monoisotopic (exact) mass is 374 g/mol. The summed E-state index contributed by atoms with van der Waals surface area (Å²) >= 11 is 0. The minimum atomic E-state index is 0.285. The Morgan fingerprint density at radius 2 is 1.96 bits per heavy atom. The number of aryl methyl sites for hydroxylation is 1. The number of hydrogen-bond donors (Lipinski definition) is 0. The Morgan fingerprint density at radius 1 is 1.04 bits per heavy atom. The van der Waals surface area contributed by atoms with Crippen LogP contribution < -0.4 is 9.47 Å². The fraction of sp³-hybridized carbons (Fsp3) is 0.143. The van der Waals surface area contributed by atoms with Gasteiger partial charge in [-0.2, -0.15) is 0 Å². The maximum Gasteiger partial charge on any atom is 0.232 e. The van der Waals surface area contributed by atoms with Crippen LogP contribution in [0.25, 0.3) is 22.6 Å². The molecule has 0 saturated carbocycles. The molecular weight excluding hydrogens is 356 g/mol. The number of ether oxygens (including phenoxy) is 2. The van der Waals surface area contributed by atoms with E-state index in [1.807, 2.05) is 37.3 Å². The van der Waals surface area contributed by atoms with E-state index in [9.17, 15) is 0 Å². The highest BCUT2D eigenvalue weighted by Gasteiger charge is 2.10. The van der Waals surface area contributed by atoms with Crippen LogP contribution in [0.5, 0.6) is 11.6 Å². The Morgan fingerprint density at radius 3 is 2.71 bits per heavy atom. The highest BCUT2D eigenvalue weighted by molar-refractivity contribution is 5.77. The lowest BCUT2D eigenvalue weighted by Gasteiger charge is -2.06. The van der Waals surface area contributed by atoms with Crippen LogP contribution >= 0.6 is 0 Å². The summed E-state index contributed by atoms with van der Waals surface area (Å²) in [7, 11) is 0. The van der Waals surface area contributed by atoms with E-state index in [0.29, 0.717) is 40.9 Å². The maximum absolute atomic E-state index is 5.81. The predicted octanol–water partition coefficient (Wildman–Crippen LogP) is 4.13. The predicted molar refractivity (Wildman–Crippen MR) is 104 cm³/mol. The second-order valence-electron chi connectivity index (χ2n) is 6.07. The second-order valence-corrected chi connectivity index (χ2v) is 6.07. The van der Waals surface area contributed by atoms with Gasteiger partial charge in [-0.3, -0.25) is 9.97 Å². The van der Waals surface area contributed by atoms with E-state index >= 15 is 0 Å². The van der Waals surface area contributed by atoms with Crippen molar-refractivity contribution in [2.75, 3.05) is 6.61 Å².